The maximum atomic E-state index is 12.9. The summed E-state index contributed by atoms with van der Waals surface area (Å²) in [6.45, 7) is 2.03. The van der Waals surface area contributed by atoms with E-state index in [1.807, 2.05) is 30.3 Å². The molecule has 0 bridgehead atoms. The molecule has 3 rings (SSSR count). The van der Waals surface area contributed by atoms with E-state index in [0.717, 1.165) is 17.7 Å². The Morgan fingerprint density at radius 3 is 2.52 bits per heavy atom. The van der Waals surface area contributed by atoms with Gasteiger partial charge in [-0.15, -0.1) is 0 Å². The lowest BCUT2D eigenvalue weighted by Gasteiger charge is -2.12. The standard InChI is InChI=1S/C19H15F3N2O/c1-13-7-8-15(19(20,21)22)11-16(13)17(25)18-23-9-10-24(18)12-14-5-3-2-4-6-14/h2-11H,12H2,1H3. The van der Waals surface area contributed by atoms with Crippen LogP contribution in [0.2, 0.25) is 0 Å². The van der Waals surface area contributed by atoms with Gasteiger partial charge in [-0.2, -0.15) is 13.2 Å². The Balaban J connectivity index is 1.96. The van der Waals surface area contributed by atoms with Gasteiger partial charge in [-0.25, -0.2) is 4.98 Å². The molecule has 0 aliphatic carbocycles. The zero-order chi connectivity index (χ0) is 18.0. The van der Waals surface area contributed by atoms with Gasteiger partial charge in [-0.3, -0.25) is 4.79 Å². The van der Waals surface area contributed by atoms with Gasteiger partial charge in [0.1, 0.15) is 0 Å². The molecule has 0 unspecified atom stereocenters. The van der Waals surface area contributed by atoms with Crippen LogP contribution in [0.15, 0.2) is 60.9 Å². The number of aryl methyl sites for hydroxylation is 1. The molecule has 3 nitrogen and oxygen atoms in total. The predicted octanol–water partition coefficient (Wildman–Crippen LogP) is 4.49. The minimum absolute atomic E-state index is 0.00957. The summed E-state index contributed by atoms with van der Waals surface area (Å²) in [5.41, 5.74) is 0.612. The van der Waals surface area contributed by atoms with E-state index in [4.69, 9.17) is 0 Å². The Bertz CT molecular complexity index is 899. The molecule has 0 amide bonds. The van der Waals surface area contributed by atoms with E-state index in [2.05, 4.69) is 4.98 Å². The largest absolute Gasteiger partial charge is 0.416 e. The van der Waals surface area contributed by atoms with Crippen molar-refractivity contribution in [1.82, 2.24) is 9.55 Å². The molecule has 0 saturated heterocycles. The van der Waals surface area contributed by atoms with Crippen LogP contribution in [0.5, 0.6) is 0 Å². The van der Waals surface area contributed by atoms with Gasteiger partial charge in [0.15, 0.2) is 5.82 Å². The smallest absolute Gasteiger partial charge is 0.324 e. The molecular weight excluding hydrogens is 329 g/mol. The van der Waals surface area contributed by atoms with E-state index in [0.29, 0.717) is 12.1 Å². The topological polar surface area (TPSA) is 34.9 Å². The van der Waals surface area contributed by atoms with Crippen LogP contribution >= 0.6 is 0 Å². The molecule has 0 saturated carbocycles. The number of halogens is 3. The summed E-state index contributed by atoms with van der Waals surface area (Å²) < 4.78 is 40.5. The Morgan fingerprint density at radius 1 is 1.12 bits per heavy atom. The summed E-state index contributed by atoms with van der Waals surface area (Å²) in [5, 5.41) is 0. The Morgan fingerprint density at radius 2 is 1.84 bits per heavy atom. The Labute approximate surface area is 142 Å². The zero-order valence-corrected chi connectivity index (χ0v) is 13.4. The summed E-state index contributed by atoms with van der Waals surface area (Å²) in [7, 11) is 0. The molecular formula is C19H15F3N2O. The van der Waals surface area contributed by atoms with Crippen molar-refractivity contribution in [1.29, 1.82) is 0 Å². The van der Waals surface area contributed by atoms with Gasteiger partial charge in [-0.05, 0) is 30.2 Å². The summed E-state index contributed by atoms with van der Waals surface area (Å²) in [6.07, 6.45) is -1.38. The highest BCUT2D eigenvalue weighted by Crippen LogP contribution is 2.31. The van der Waals surface area contributed by atoms with Gasteiger partial charge >= 0.3 is 6.18 Å². The van der Waals surface area contributed by atoms with Gasteiger partial charge in [0.05, 0.1) is 5.56 Å². The number of carbonyl (C=O) groups is 1. The SMILES string of the molecule is Cc1ccc(C(F)(F)F)cc1C(=O)c1nccn1Cc1ccccc1. The highest BCUT2D eigenvalue weighted by atomic mass is 19.4. The van der Waals surface area contributed by atoms with Crippen LogP contribution < -0.4 is 0 Å². The van der Waals surface area contributed by atoms with Gasteiger partial charge in [0.25, 0.3) is 0 Å². The molecule has 25 heavy (non-hydrogen) atoms. The second-order valence-corrected chi connectivity index (χ2v) is 5.72. The first-order valence-corrected chi connectivity index (χ1v) is 7.64. The molecule has 0 spiro atoms. The molecule has 6 heteroatoms. The number of ketones is 1. The van der Waals surface area contributed by atoms with Crippen molar-refractivity contribution < 1.29 is 18.0 Å². The first-order valence-electron chi connectivity index (χ1n) is 7.64. The monoisotopic (exact) mass is 344 g/mol. The maximum absolute atomic E-state index is 12.9. The predicted molar refractivity (Wildman–Crippen MR) is 87.4 cm³/mol. The lowest BCUT2D eigenvalue weighted by atomic mass is 10.0. The van der Waals surface area contributed by atoms with Crippen molar-refractivity contribution in [3.8, 4) is 0 Å². The molecule has 2 aromatic carbocycles. The number of aromatic nitrogens is 2. The highest BCUT2D eigenvalue weighted by molar-refractivity contribution is 6.07. The van der Waals surface area contributed by atoms with Crippen molar-refractivity contribution in [3.05, 3.63) is 89.0 Å². The number of rotatable bonds is 4. The number of alkyl halides is 3. The summed E-state index contributed by atoms with van der Waals surface area (Å²) in [6, 6.07) is 12.6. The van der Waals surface area contributed by atoms with Crippen molar-refractivity contribution in [3.63, 3.8) is 0 Å². The molecule has 1 heterocycles. The van der Waals surface area contributed by atoms with E-state index in [9.17, 15) is 18.0 Å². The fraction of sp³-hybridized carbons (Fsp3) is 0.158. The molecule has 0 aliphatic rings. The molecule has 3 aromatic rings. The minimum Gasteiger partial charge on any atom is -0.324 e. The van der Waals surface area contributed by atoms with E-state index < -0.39 is 17.5 Å². The first-order chi connectivity index (χ1) is 11.9. The summed E-state index contributed by atoms with van der Waals surface area (Å²) >= 11 is 0. The normalized spacial score (nSPS) is 11.5. The molecule has 0 atom stereocenters. The van der Waals surface area contributed by atoms with Crippen LogP contribution in [0, 0.1) is 6.92 Å². The number of nitrogens with zero attached hydrogens (tertiary/aromatic N) is 2. The van der Waals surface area contributed by atoms with Crippen molar-refractivity contribution >= 4 is 5.78 Å². The van der Waals surface area contributed by atoms with Crippen LogP contribution in [0.4, 0.5) is 13.2 Å². The quantitative estimate of drug-likeness (QED) is 0.654. The highest BCUT2D eigenvalue weighted by Gasteiger charge is 2.32. The van der Waals surface area contributed by atoms with E-state index in [1.165, 1.54) is 12.3 Å². The number of benzene rings is 2. The van der Waals surface area contributed by atoms with Crippen LogP contribution in [0.1, 0.15) is 32.9 Å². The van der Waals surface area contributed by atoms with E-state index in [1.54, 1.807) is 17.7 Å². The van der Waals surface area contributed by atoms with E-state index >= 15 is 0 Å². The van der Waals surface area contributed by atoms with E-state index in [-0.39, 0.29) is 11.4 Å². The second kappa shape index (κ2) is 6.55. The third-order valence-electron chi connectivity index (χ3n) is 3.92. The minimum atomic E-state index is -4.50. The average molecular weight is 344 g/mol. The van der Waals surface area contributed by atoms with Crippen molar-refractivity contribution in [2.75, 3.05) is 0 Å². The van der Waals surface area contributed by atoms with Crippen LogP contribution in [0.25, 0.3) is 0 Å². The zero-order valence-electron chi connectivity index (χ0n) is 13.4. The summed E-state index contributed by atoms with van der Waals surface area (Å²) in [4.78, 5) is 16.8. The van der Waals surface area contributed by atoms with Crippen LogP contribution in [-0.4, -0.2) is 15.3 Å². The fourth-order valence-electron chi connectivity index (χ4n) is 2.59. The molecule has 128 valence electrons. The first kappa shape index (κ1) is 17.0. The Hall–Kier alpha value is -2.89. The summed E-state index contributed by atoms with van der Waals surface area (Å²) in [5.74, 6) is -0.407. The lowest BCUT2D eigenvalue weighted by Crippen LogP contribution is -2.15. The number of imidazole rings is 1. The van der Waals surface area contributed by atoms with Crippen LogP contribution in [0.3, 0.4) is 0 Å². The molecule has 0 N–H and O–H groups in total. The van der Waals surface area contributed by atoms with Crippen LogP contribution in [-0.2, 0) is 12.7 Å². The van der Waals surface area contributed by atoms with Gasteiger partial charge in [0, 0.05) is 24.5 Å². The third-order valence-corrected chi connectivity index (χ3v) is 3.92. The second-order valence-electron chi connectivity index (χ2n) is 5.72. The van der Waals surface area contributed by atoms with Crippen molar-refractivity contribution in [2.45, 2.75) is 19.6 Å². The number of hydrogen-bond acceptors (Lipinski definition) is 2. The van der Waals surface area contributed by atoms with Gasteiger partial charge in [0.2, 0.25) is 5.78 Å². The van der Waals surface area contributed by atoms with Gasteiger partial charge in [-0.1, -0.05) is 36.4 Å². The van der Waals surface area contributed by atoms with Crippen molar-refractivity contribution in [2.24, 2.45) is 0 Å². The Kier molecular flexibility index (Phi) is 4.44. The number of carbonyl (C=O) groups excluding carboxylic acids is 1. The fourth-order valence-corrected chi connectivity index (χ4v) is 2.59. The lowest BCUT2D eigenvalue weighted by molar-refractivity contribution is -0.137. The number of hydrogen-bond donors (Lipinski definition) is 0. The molecule has 0 fully saturated rings. The molecule has 0 radical (unpaired) electrons. The third kappa shape index (κ3) is 3.63. The maximum Gasteiger partial charge on any atom is 0.416 e. The molecule has 1 aromatic heterocycles. The average Bonchev–Trinajstić information content (AvgIpc) is 3.02. The molecule has 0 aliphatic heterocycles. The van der Waals surface area contributed by atoms with Gasteiger partial charge < -0.3 is 4.57 Å².